The van der Waals surface area contributed by atoms with E-state index in [1.165, 1.54) is 5.56 Å². The van der Waals surface area contributed by atoms with Gasteiger partial charge in [0.15, 0.2) is 0 Å². The van der Waals surface area contributed by atoms with Crippen LogP contribution in [0.15, 0.2) is 158 Å². The lowest BCUT2D eigenvalue weighted by atomic mass is 9.83. The predicted molar refractivity (Wildman–Crippen MR) is 225 cm³/mol. The minimum Gasteiger partial charge on any atom is -0.265 e. The monoisotopic (exact) mass is 687 g/mol. The van der Waals surface area contributed by atoms with Gasteiger partial charge in [0.25, 0.3) is 0 Å². The maximum atomic E-state index is 5.61. The van der Waals surface area contributed by atoms with Crippen LogP contribution in [0.1, 0.15) is 59.7 Å². The van der Waals surface area contributed by atoms with Crippen molar-refractivity contribution in [3.05, 3.63) is 197 Å². The van der Waals surface area contributed by atoms with Crippen LogP contribution in [0.5, 0.6) is 0 Å². The molecule has 6 aromatic carbocycles. The molecule has 1 nitrogen and oxygen atoms in total. The molecule has 0 unspecified atom stereocenters. The number of rotatable bonds is 4. The van der Waals surface area contributed by atoms with Gasteiger partial charge in [-0.1, -0.05) is 117 Å². The van der Waals surface area contributed by atoms with Crippen molar-refractivity contribution in [2.24, 2.45) is 0 Å². The third kappa shape index (κ3) is 8.10. The number of pyridine rings is 1. The second kappa shape index (κ2) is 15.5. The van der Waals surface area contributed by atoms with Crippen molar-refractivity contribution < 1.29 is 0 Å². The number of aromatic nitrogens is 1. The Bertz CT molecular complexity index is 2530. The standard InChI is InChI=1S/C53H37N/c1-6-38-10-8-12-42(34-38)16-14-40-18-22-45(23-19-40)50-36-48(44-26-28-49(29-27-44)53(3,4)5)37-51(52(50)47-30-32-54-33-31-47)46-24-20-41(21-25-46)15-17-43-13-9-11-39(7-2)35-43/h1-2,8-13,18-37H,3-5H3. The van der Waals surface area contributed by atoms with Crippen molar-refractivity contribution in [1.82, 2.24) is 4.98 Å². The highest BCUT2D eigenvalue weighted by Crippen LogP contribution is 2.43. The van der Waals surface area contributed by atoms with Crippen molar-refractivity contribution in [1.29, 1.82) is 0 Å². The Balaban J connectivity index is 1.36. The summed E-state index contributed by atoms with van der Waals surface area (Å²) >= 11 is 0. The summed E-state index contributed by atoms with van der Waals surface area (Å²) in [5.74, 6) is 18.5. The lowest BCUT2D eigenvalue weighted by Crippen LogP contribution is -2.10. The van der Waals surface area contributed by atoms with Crippen molar-refractivity contribution in [2.75, 3.05) is 0 Å². The first-order chi connectivity index (χ1) is 26.3. The molecule has 0 saturated heterocycles. The molecule has 0 atom stereocenters. The number of benzene rings is 6. The molecule has 0 aliphatic carbocycles. The van der Waals surface area contributed by atoms with Gasteiger partial charge in [-0.15, -0.1) is 12.8 Å². The maximum absolute atomic E-state index is 5.61. The zero-order valence-electron chi connectivity index (χ0n) is 30.6. The second-order valence-electron chi connectivity index (χ2n) is 14.1. The van der Waals surface area contributed by atoms with Crippen LogP contribution in [0.2, 0.25) is 0 Å². The SMILES string of the molecule is C#Cc1cccc(C#Cc2ccc(-c3cc(-c4ccc(C(C)(C)C)cc4)cc(-c4ccc(C#Cc5cccc(C#C)c5)cc4)c3-c3ccncc3)cc2)c1. The van der Waals surface area contributed by atoms with Crippen molar-refractivity contribution in [2.45, 2.75) is 26.2 Å². The molecule has 0 amide bonds. The van der Waals surface area contributed by atoms with Crippen LogP contribution in [0, 0.1) is 48.4 Å². The Morgan fingerprint density at radius 3 is 1.28 bits per heavy atom. The lowest BCUT2D eigenvalue weighted by Gasteiger charge is -2.21. The van der Waals surface area contributed by atoms with Gasteiger partial charge in [0, 0.05) is 45.8 Å². The molecule has 0 radical (unpaired) electrons. The largest absolute Gasteiger partial charge is 0.265 e. The number of nitrogens with zero attached hydrogens (tertiary/aromatic N) is 1. The Labute approximate surface area is 319 Å². The lowest BCUT2D eigenvalue weighted by molar-refractivity contribution is 0.590. The highest BCUT2D eigenvalue weighted by molar-refractivity contribution is 5.97. The summed E-state index contributed by atoms with van der Waals surface area (Å²) in [6.07, 6.45) is 14.9. The van der Waals surface area contributed by atoms with Crippen molar-refractivity contribution in [3.63, 3.8) is 0 Å². The summed E-state index contributed by atoms with van der Waals surface area (Å²) in [7, 11) is 0. The van der Waals surface area contributed by atoms with E-state index in [0.717, 1.165) is 77.9 Å². The summed E-state index contributed by atoms with van der Waals surface area (Å²) in [4.78, 5) is 4.35. The van der Waals surface area contributed by atoms with E-state index >= 15 is 0 Å². The van der Waals surface area contributed by atoms with E-state index in [9.17, 15) is 0 Å². The van der Waals surface area contributed by atoms with Crippen molar-refractivity contribution >= 4 is 0 Å². The third-order valence-electron chi connectivity index (χ3n) is 9.34. The molecule has 254 valence electrons. The molecule has 0 N–H and O–H groups in total. The number of terminal acetylenes is 2. The van der Waals surface area contributed by atoms with E-state index in [1.54, 1.807) is 0 Å². The normalized spacial score (nSPS) is 10.5. The fourth-order valence-electron chi connectivity index (χ4n) is 6.38. The van der Waals surface area contributed by atoms with Gasteiger partial charge in [0.05, 0.1) is 0 Å². The molecule has 0 saturated carbocycles. The first-order valence-electron chi connectivity index (χ1n) is 17.8. The zero-order chi connectivity index (χ0) is 37.5. The smallest absolute Gasteiger partial charge is 0.0273 e. The molecular weight excluding hydrogens is 651 g/mol. The summed E-state index contributed by atoms with van der Waals surface area (Å²) in [6.45, 7) is 6.73. The van der Waals surface area contributed by atoms with Gasteiger partial charge in [-0.2, -0.15) is 0 Å². The topological polar surface area (TPSA) is 12.9 Å². The number of hydrogen-bond donors (Lipinski definition) is 0. The van der Waals surface area contributed by atoms with E-state index in [4.69, 9.17) is 12.8 Å². The Morgan fingerprint density at radius 2 is 0.833 bits per heavy atom. The summed E-state index contributed by atoms with van der Waals surface area (Å²) < 4.78 is 0. The molecule has 0 aliphatic rings. The quantitative estimate of drug-likeness (QED) is 0.168. The summed E-state index contributed by atoms with van der Waals surface area (Å²) in [5, 5.41) is 0. The van der Waals surface area contributed by atoms with Crippen LogP contribution in [-0.2, 0) is 5.41 Å². The van der Waals surface area contributed by atoms with Gasteiger partial charge >= 0.3 is 0 Å². The van der Waals surface area contributed by atoms with Crippen LogP contribution >= 0.6 is 0 Å². The molecule has 0 spiro atoms. The summed E-state index contributed by atoms with van der Waals surface area (Å²) in [5.41, 5.74) is 15.5. The Hall–Kier alpha value is -7.29. The van der Waals surface area contributed by atoms with Gasteiger partial charge < -0.3 is 0 Å². The zero-order valence-corrected chi connectivity index (χ0v) is 30.6. The van der Waals surface area contributed by atoms with Crippen LogP contribution in [0.25, 0.3) is 44.5 Å². The molecule has 0 bridgehead atoms. The average Bonchev–Trinajstić information content (AvgIpc) is 3.22. The Kier molecular flexibility index (Phi) is 10.1. The summed E-state index contributed by atoms with van der Waals surface area (Å²) in [6, 6.07) is 50.2. The fourth-order valence-corrected chi connectivity index (χ4v) is 6.38. The fraction of sp³-hybridized carbons (Fsp3) is 0.0755. The second-order valence-corrected chi connectivity index (χ2v) is 14.1. The van der Waals surface area contributed by atoms with E-state index < -0.39 is 0 Å². The molecule has 1 heteroatoms. The van der Waals surface area contributed by atoms with Crippen LogP contribution in [-0.4, -0.2) is 4.98 Å². The first kappa shape index (κ1) is 35.1. The van der Waals surface area contributed by atoms with Gasteiger partial charge in [-0.25, -0.2) is 0 Å². The number of hydrogen-bond acceptors (Lipinski definition) is 1. The molecule has 1 heterocycles. The Morgan fingerprint density at radius 1 is 0.407 bits per heavy atom. The molecule has 54 heavy (non-hydrogen) atoms. The van der Waals surface area contributed by atoms with Crippen molar-refractivity contribution in [3.8, 4) is 92.9 Å². The molecule has 7 aromatic rings. The van der Waals surface area contributed by atoms with Crippen LogP contribution in [0.3, 0.4) is 0 Å². The van der Waals surface area contributed by atoms with Gasteiger partial charge in [0.2, 0.25) is 0 Å². The molecule has 0 aliphatic heterocycles. The van der Waals surface area contributed by atoms with Gasteiger partial charge in [-0.3, -0.25) is 4.98 Å². The highest BCUT2D eigenvalue weighted by atomic mass is 14.6. The van der Waals surface area contributed by atoms with E-state index in [1.807, 2.05) is 60.9 Å². The van der Waals surface area contributed by atoms with E-state index in [0.29, 0.717) is 0 Å². The minimum absolute atomic E-state index is 0.0591. The molecular formula is C53H37N. The van der Waals surface area contributed by atoms with E-state index in [-0.39, 0.29) is 5.41 Å². The maximum Gasteiger partial charge on any atom is 0.0273 e. The van der Waals surface area contributed by atoms with Crippen LogP contribution in [0.4, 0.5) is 0 Å². The minimum atomic E-state index is 0.0591. The molecule has 0 fully saturated rings. The first-order valence-corrected chi connectivity index (χ1v) is 17.8. The third-order valence-corrected chi connectivity index (χ3v) is 9.34. The van der Waals surface area contributed by atoms with Gasteiger partial charge in [-0.05, 0) is 140 Å². The molecule has 7 rings (SSSR count). The van der Waals surface area contributed by atoms with Gasteiger partial charge in [0.1, 0.15) is 0 Å². The average molecular weight is 688 g/mol. The molecule has 1 aromatic heterocycles. The highest BCUT2D eigenvalue weighted by Gasteiger charge is 2.18. The van der Waals surface area contributed by atoms with Crippen LogP contribution < -0.4 is 0 Å². The predicted octanol–water partition coefficient (Wildman–Crippen LogP) is 11.8. The van der Waals surface area contributed by atoms with E-state index in [2.05, 4.69) is 158 Å².